The van der Waals surface area contributed by atoms with Gasteiger partial charge in [0.2, 0.25) is 0 Å². The van der Waals surface area contributed by atoms with Gasteiger partial charge in [-0.2, -0.15) is 0 Å². The minimum Gasteiger partial charge on any atom is -0.465 e. The molecule has 2 aliphatic rings. The first-order chi connectivity index (χ1) is 10.0. The van der Waals surface area contributed by atoms with Gasteiger partial charge in [-0.3, -0.25) is 4.79 Å². The molecule has 0 radical (unpaired) electrons. The van der Waals surface area contributed by atoms with Gasteiger partial charge >= 0.3 is 5.97 Å². The van der Waals surface area contributed by atoms with E-state index in [1.165, 1.54) is 19.5 Å². The van der Waals surface area contributed by atoms with Crippen LogP contribution in [0.3, 0.4) is 0 Å². The zero-order chi connectivity index (χ0) is 15.5. The fourth-order valence-corrected chi connectivity index (χ4v) is 3.91. The summed E-state index contributed by atoms with van der Waals surface area (Å²) in [6.45, 7) is 5.88. The molecule has 0 aromatic rings. The van der Waals surface area contributed by atoms with E-state index in [4.69, 9.17) is 4.74 Å². The van der Waals surface area contributed by atoms with Crippen LogP contribution in [0, 0.1) is 5.92 Å². The summed E-state index contributed by atoms with van der Waals surface area (Å²) in [6, 6.07) is 0.479. The lowest BCUT2D eigenvalue weighted by Crippen LogP contribution is -2.50. The Balaban J connectivity index is 1.89. The van der Waals surface area contributed by atoms with Crippen LogP contribution < -0.4 is 5.32 Å². The Morgan fingerprint density at radius 3 is 2.81 bits per heavy atom. The molecule has 1 aliphatic carbocycles. The number of esters is 1. The molecule has 1 heterocycles. The average Bonchev–Trinajstić information content (AvgIpc) is 3.06. The largest absolute Gasteiger partial charge is 0.465 e. The summed E-state index contributed by atoms with van der Waals surface area (Å²) in [5.74, 6) is 0.691. The number of ether oxygens (including phenoxy) is 1. The van der Waals surface area contributed by atoms with Gasteiger partial charge in [0.15, 0.2) is 0 Å². The van der Waals surface area contributed by atoms with Crippen LogP contribution in [0.25, 0.3) is 0 Å². The maximum absolute atomic E-state index is 12.2. The first-order valence-electron chi connectivity index (χ1n) is 8.25. The number of likely N-dealkylation sites (N-methyl/N-ethyl adjacent to an activating group) is 1. The van der Waals surface area contributed by atoms with Crippen molar-refractivity contribution < 1.29 is 9.53 Å². The predicted octanol–water partition coefficient (Wildman–Crippen LogP) is 0.944. The van der Waals surface area contributed by atoms with Crippen LogP contribution in [0.15, 0.2) is 0 Å². The number of hydrogen-bond acceptors (Lipinski definition) is 5. The van der Waals surface area contributed by atoms with Gasteiger partial charge in [-0.1, -0.05) is 0 Å². The number of hydrogen-bond donors (Lipinski definition) is 1. The predicted molar refractivity (Wildman–Crippen MR) is 84.3 cm³/mol. The summed E-state index contributed by atoms with van der Waals surface area (Å²) in [6.07, 6.45) is 4.10. The molecular weight excluding hydrogens is 266 g/mol. The molecule has 2 rings (SSSR count). The minimum atomic E-state index is -0.471. The van der Waals surface area contributed by atoms with Crippen LogP contribution in [0.2, 0.25) is 0 Å². The second kappa shape index (κ2) is 7.07. The van der Waals surface area contributed by atoms with Crippen molar-refractivity contribution in [3.05, 3.63) is 0 Å². The molecular formula is C16H31N3O2. The van der Waals surface area contributed by atoms with Gasteiger partial charge in [-0.15, -0.1) is 0 Å². The fraction of sp³-hybridized carbons (Fsp3) is 0.938. The van der Waals surface area contributed by atoms with Crippen molar-refractivity contribution >= 4 is 5.97 Å². The van der Waals surface area contributed by atoms with Crippen molar-refractivity contribution in [2.75, 3.05) is 47.4 Å². The lowest BCUT2D eigenvalue weighted by molar-refractivity contribution is -0.151. The molecule has 122 valence electrons. The quantitative estimate of drug-likeness (QED) is 0.739. The smallest absolute Gasteiger partial charge is 0.326 e. The highest BCUT2D eigenvalue weighted by Crippen LogP contribution is 2.34. The Bertz CT molecular complexity index is 363. The lowest BCUT2D eigenvalue weighted by atomic mass is 9.97. The number of likely N-dealkylation sites (tertiary alicyclic amines) is 1. The summed E-state index contributed by atoms with van der Waals surface area (Å²) in [5, 5.41) is 3.24. The Hall–Kier alpha value is -0.650. The van der Waals surface area contributed by atoms with Gasteiger partial charge in [-0.25, -0.2) is 0 Å². The number of nitrogens with one attached hydrogen (secondary N) is 1. The number of rotatable bonds is 6. The molecule has 2 fully saturated rings. The van der Waals surface area contributed by atoms with Gasteiger partial charge in [-0.05, 0) is 66.2 Å². The van der Waals surface area contributed by atoms with Gasteiger partial charge in [0.1, 0.15) is 5.54 Å². The lowest BCUT2D eigenvalue weighted by Gasteiger charge is -2.30. The maximum Gasteiger partial charge on any atom is 0.326 e. The van der Waals surface area contributed by atoms with E-state index >= 15 is 0 Å². The molecule has 0 aromatic heterocycles. The third kappa shape index (κ3) is 3.76. The Morgan fingerprint density at radius 2 is 2.24 bits per heavy atom. The molecule has 5 heteroatoms. The second-order valence-electron chi connectivity index (χ2n) is 6.81. The van der Waals surface area contributed by atoms with Crippen LogP contribution in [-0.4, -0.2) is 74.7 Å². The zero-order valence-electron chi connectivity index (χ0n) is 14.0. The van der Waals surface area contributed by atoms with Crippen molar-refractivity contribution in [3.63, 3.8) is 0 Å². The standard InChI is InChI=1S/C16H31N3O2/c1-5-21-15(20)16(17-2)8-6-14(10-16)19(4)12-13-7-9-18(3)11-13/h13-14,17H,5-12H2,1-4H3. The van der Waals surface area contributed by atoms with Gasteiger partial charge < -0.3 is 19.9 Å². The highest BCUT2D eigenvalue weighted by Gasteiger charge is 2.46. The van der Waals surface area contributed by atoms with E-state index in [1.807, 2.05) is 14.0 Å². The van der Waals surface area contributed by atoms with E-state index < -0.39 is 5.54 Å². The number of carbonyl (C=O) groups excluding carboxylic acids is 1. The number of carbonyl (C=O) groups is 1. The molecule has 5 nitrogen and oxygen atoms in total. The Kier molecular flexibility index (Phi) is 5.63. The zero-order valence-corrected chi connectivity index (χ0v) is 14.0. The summed E-state index contributed by atoms with van der Waals surface area (Å²) in [4.78, 5) is 17.1. The fourth-order valence-electron chi connectivity index (χ4n) is 3.91. The summed E-state index contributed by atoms with van der Waals surface area (Å²) in [5.41, 5.74) is -0.471. The molecule has 3 unspecified atom stereocenters. The SMILES string of the molecule is CCOC(=O)C1(NC)CCC(N(C)CC2CCN(C)C2)C1. The van der Waals surface area contributed by atoms with Gasteiger partial charge in [0, 0.05) is 19.1 Å². The van der Waals surface area contributed by atoms with Crippen molar-refractivity contribution in [2.24, 2.45) is 5.92 Å². The van der Waals surface area contributed by atoms with Gasteiger partial charge in [0.25, 0.3) is 0 Å². The molecule has 1 N–H and O–H groups in total. The first-order valence-corrected chi connectivity index (χ1v) is 8.25. The van der Waals surface area contributed by atoms with E-state index in [9.17, 15) is 4.79 Å². The van der Waals surface area contributed by atoms with Crippen LogP contribution in [0.1, 0.15) is 32.6 Å². The Morgan fingerprint density at radius 1 is 1.48 bits per heavy atom. The topological polar surface area (TPSA) is 44.8 Å². The third-order valence-corrected chi connectivity index (χ3v) is 5.29. The van der Waals surface area contributed by atoms with Crippen LogP contribution in [0.5, 0.6) is 0 Å². The monoisotopic (exact) mass is 297 g/mol. The molecule has 1 saturated heterocycles. The van der Waals surface area contributed by atoms with Gasteiger partial charge in [0.05, 0.1) is 6.61 Å². The molecule has 1 saturated carbocycles. The van der Waals surface area contributed by atoms with Crippen molar-refractivity contribution in [1.82, 2.24) is 15.1 Å². The molecule has 0 amide bonds. The van der Waals surface area contributed by atoms with E-state index in [1.54, 1.807) is 0 Å². The van der Waals surface area contributed by atoms with Crippen LogP contribution in [0.4, 0.5) is 0 Å². The molecule has 1 aliphatic heterocycles. The van der Waals surface area contributed by atoms with Crippen molar-refractivity contribution in [2.45, 2.75) is 44.2 Å². The highest BCUT2D eigenvalue weighted by molar-refractivity contribution is 5.81. The minimum absolute atomic E-state index is 0.0796. The first kappa shape index (κ1) is 16.7. The van der Waals surface area contributed by atoms with Crippen molar-refractivity contribution in [1.29, 1.82) is 0 Å². The summed E-state index contributed by atoms with van der Waals surface area (Å²) < 4.78 is 5.27. The summed E-state index contributed by atoms with van der Waals surface area (Å²) in [7, 11) is 6.29. The Labute approximate surface area is 129 Å². The van der Waals surface area contributed by atoms with E-state index in [2.05, 4.69) is 29.2 Å². The van der Waals surface area contributed by atoms with Crippen molar-refractivity contribution in [3.8, 4) is 0 Å². The molecule has 0 spiro atoms. The third-order valence-electron chi connectivity index (χ3n) is 5.29. The number of nitrogens with zero attached hydrogens (tertiary/aromatic N) is 2. The molecule has 3 atom stereocenters. The van der Waals surface area contributed by atoms with Crippen LogP contribution >= 0.6 is 0 Å². The normalized spacial score (nSPS) is 33.8. The summed E-state index contributed by atoms with van der Waals surface area (Å²) >= 11 is 0. The second-order valence-corrected chi connectivity index (χ2v) is 6.81. The maximum atomic E-state index is 12.2. The average molecular weight is 297 g/mol. The van der Waals surface area contributed by atoms with E-state index in [0.717, 1.165) is 31.7 Å². The van der Waals surface area contributed by atoms with Crippen LogP contribution in [-0.2, 0) is 9.53 Å². The van der Waals surface area contributed by atoms with E-state index in [0.29, 0.717) is 12.6 Å². The molecule has 0 aromatic carbocycles. The molecule has 21 heavy (non-hydrogen) atoms. The highest BCUT2D eigenvalue weighted by atomic mass is 16.5. The molecule has 0 bridgehead atoms. The van der Waals surface area contributed by atoms with E-state index in [-0.39, 0.29) is 5.97 Å².